The number of nitrogens with two attached hydrogens (primary N) is 1. The second kappa shape index (κ2) is 6.28. The van der Waals surface area contributed by atoms with Crippen LogP contribution in [0.2, 0.25) is 0 Å². The molecular formula is C16H21N3O. The van der Waals surface area contributed by atoms with Crippen LogP contribution in [0.5, 0.6) is 5.88 Å². The monoisotopic (exact) mass is 271 g/mol. The van der Waals surface area contributed by atoms with Crippen molar-refractivity contribution in [1.29, 1.82) is 0 Å². The maximum Gasteiger partial charge on any atom is 0.239 e. The van der Waals surface area contributed by atoms with Crippen LogP contribution in [-0.2, 0) is 0 Å². The van der Waals surface area contributed by atoms with Gasteiger partial charge in [0, 0.05) is 12.7 Å². The van der Waals surface area contributed by atoms with Crippen molar-refractivity contribution in [3.63, 3.8) is 0 Å². The van der Waals surface area contributed by atoms with Gasteiger partial charge >= 0.3 is 0 Å². The lowest BCUT2D eigenvalue weighted by molar-refractivity contribution is 0.307. The summed E-state index contributed by atoms with van der Waals surface area (Å²) in [5, 5.41) is 0. The Morgan fingerprint density at radius 3 is 2.75 bits per heavy atom. The zero-order chi connectivity index (χ0) is 14.5. The van der Waals surface area contributed by atoms with Gasteiger partial charge in [-0.3, -0.25) is 0 Å². The highest BCUT2D eigenvalue weighted by atomic mass is 16.5. The van der Waals surface area contributed by atoms with Gasteiger partial charge in [-0.15, -0.1) is 0 Å². The van der Waals surface area contributed by atoms with Gasteiger partial charge in [-0.25, -0.2) is 0 Å². The van der Waals surface area contributed by atoms with Crippen LogP contribution in [0.4, 0.5) is 17.2 Å². The van der Waals surface area contributed by atoms with Crippen LogP contribution in [0.15, 0.2) is 36.4 Å². The van der Waals surface area contributed by atoms with Gasteiger partial charge in [0.2, 0.25) is 5.88 Å². The van der Waals surface area contributed by atoms with Gasteiger partial charge in [0.15, 0.2) is 0 Å². The Hall–Kier alpha value is -2.23. The van der Waals surface area contributed by atoms with Crippen molar-refractivity contribution in [2.75, 3.05) is 24.3 Å². The summed E-state index contributed by atoms with van der Waals surface area (Å²) in [5.74, 6) is 1.32. The molecule has 0 aliphatic heterocycles. The third-order valence-electron chi connectivity index (χ3n) is 3.05. The van der Waals surface area contributed by atoms with Crippen LogP contribution in [0.1, 0.15) is 18.9 Å². The normalized spacial score (nSPS) is 10.3. The molecule has 106 valence electrons. The Morgan fingerprint density at radius 1 is 1.25 bits per heavy atom. The van der Waals surface area contributed by atoms with E-state index in [0.717, 1.165) is 17.9 Å². The van der Waals surface area contributed by atoms with Gasteiger partial charge in [-0.2, -0.15) is 4.98 Å². The first kappa shape index (κ1) is 14.2. The molecule has 0 fully saturated rings. The molecule has 0 amide bonds. The predicted octanol–water partition coefficient (Wildman–Crippen LogP) is 3.53. The second-order valence-corrected chi connectivity index (χ2v) is 4.81. The molecule has 0 aliphatic carbocycles. The second-order valence-electron chi connectivity index (χ2n) is 4.81. The lowest BCUT2D eigenvalue weighted by atomic mass is 10.2. The molecule has 4 nitrogen and oxygen atoms in total. The molecule has 1 aromatic heterocycles. The molecule has 2 N–H and O–H groups in total. The molecule has 0 unspecified atom stereocenters. The summed E-state index contributed by atoms with van der Waals surface area (Å²) in [6.45, 7) is 4.75. The molecule has 2 rings (SSSR count). The Balaban J connectivity index is 2.28. The van der Waals surface area contributed by atoms with Crippen molar-refractivity contribution < 1.29 is 4.74 Å². The molecule has 0 saturated heterocycles. The third-order valence-corrected chi connectivity index (χ3v) is 3.05. The van der Waals surface area contributed by atoms with Crippen LogP contribution < -0.4 is 15.4 Å². The number of hydrogen-bond acceptors (Lipinski definition) is 4. The molecule has 0 bridgehead atoms. The van der Waals surface area contributed by atoms with Crippen molar-refractivity contribution >= 4 is 17.2 Å². The quantitative estimate of drug-likeness (QED) is 0.904. The fourth-order valence-electron chi connectivity index (χ4n) is 1.91. The van der Waals surface area contributed by atoms with Gasteiger partial charge in [-0.05, 0) is 43.2 Å². The van der Waals surface area contributed by atoms with Crippen LogP contribution in [-0.4, -0.2) is 18.6 Å². The number of hydrogen-bond donors (Lipinski definition) is 1. The van der Waals surface area contributed by atoms with Crippen LogP contribution in [0.3, 0.4) is 0 Å². The Labute approximate surface area is 120 Å². The maximum absolute atomic E-state index is 5.89. The zero-order valence-electron chi connectivity index (χ0n) is 12.3. The number of pyridine rings is 1. The minimum Gasteiger partial charge on any atom is -0.476 e. The third kappa shape index (κ3) is 3.20. The van der Waals surface area contributed by atoms with Gasteiger partial charge in [-0.1, -0.05) is 19.1 Å². The molecule has 2 aromatic rings. The summed E-state index contributed by atoms with van der Waals surface area (Å²) in [6, 6.07) is 12.0. The number of nitrogen functional groups attached to an aromatic ring is 1. The molecular weight excluding hydrogens is 250 g/mol. The Morgan fingerprint density at radius 2 is 2.05 bits per heavy atom. The number of ether oxygens (including phenoxy) is 1. The first-order valence-electron chi connectivity index (χ1n) is 6.81. The smallest absolute Gasteiger partial charge is 0.239 e. The van der Waals surface area contributed by atoms with Gasteiger partial charge in [0.25, 0.3) is 0 Å². The zero-order valence-corrected chi connectivity index (χ0v) is 12.3. The molecule has 4 heteroatoms. The van der Waals surface area contributed by atoms with E-state index in [4.69, 9.17) is 10.5 Å². The van der Waals surface area contributed by atoms with E-state index in [1.54, 1.807) is 0 Å². The van der Waals surface area contributed by atoms with Gasteiger partial charge in [0.05, 0.1) is 12.3 Å². The van der Waals surface area contributed by atoms with Crippen molar-refractivity contribution in [2.24, 2.45) is 0 Å². The van der Waals surface area contributed by atoms with Gasteiger partial charge in [0.1, 0.15) is 5.82 Å². The lowest BCUT2D eigenvalue weighted by Gasteiger charge is -2.20. The summed E-state index contributed by atoms with van der Waals surface area (Å²) in [5.41, 5.74) is 8.76. The average Bonchev–Trinajstić information content (AvgIpc) is 2.45. The highest BCUT2D eigenvalue weighted by Crippen LogP contribution is 2.27. The van der Waals surface area contributed by atoms with Crippen molar-refractivity contribution in [1.82, 2.24) is 4.98 Å². The largest absolute Gasteiger partial charge is 0.476 e. The molecule has 20 heavy (non-hydrogen) atoms. The summed E-state index contributed by atoms with van der Waals surface area (Å²) in [7, 11) is 1.98. The molecule has 0 saturated carbocycles. The van der Waals surface area contributed by atoms with Gasteiger partial charge < -0.3 is 15.4 Å². The van der Waals surface area contributed by atoms with Crippen LogP contribution in [0.25, 0.3) is 0 Å². The van der Waals surface area contributed by atoms with E-state index < -0.39 is 0 Å². The van der Waals surface area contributed by atoms with E-state index >= 15 is 0 Å². The number of nitrogens with zero attached hydrogens (tertiary/aromatic N) is 2. The fraction of sp³-hybridized carbons (Fsp3) is 0.312. The standard InChI is InChI=1S/C16H21N3O/c1-4-10-20-16-14(17)8-9-15(18-16)19(3)13-7-5-6-12(2)11-13/h5-9,11H,4,10,17H2,1-3H3. The van der Waals surface area contributed by atoms with E-state index in [0.29, 0.717) is 18.2 Å². The highest BCUT2D eigenvalue weighted by molar-refractivity contribution is 5.63. The average molecular weight is 271 g/mol. The molecule has 1 aromatic carbocycles. The van der Waals surface area contributed by atoms with Crippen molar-refractivity contribution in [3.8, 4) is 5.88 Å². The topological polar surface area (TPSA) is 51.4 Å². The lowest BCUT2D eigenvalue weighted by Crippen LogP contribution is -2.12. The summed E-state index contributed by atoms with van der Waals surface area (Å²) >= 11 is 0. The van der Waals surface area contributed by atoms with Crippen molar-refractivity contribution in [3.05, 3.63) is 42.0 Å². The number of benzene rings is 1. The first-order chi connectivity index (χ1) is 9.61. The summed E-state index contributed by atoms with van der Waals surface area (Å²) < 4.78 is 5.57. The van der Waals surface area contributed by atoms with E-state index in [1.165, 1.54) is 5.56 Å². The number of rotatable bonds is 5. The number of aromatic nitrogens is 1. The maximum atomic E-state index is 5.89. The van der Waals surface area contributed by atoms with E-state index in [1.807, 2.05) is 30.1 Å². The van der Waals surface area contributed by atoms with E-state index in [2.05, 4.69) is 37.0 Å². The first-order valence-corrected chi connectivity index (χ1v) is 6.81. The molecule has 1 heterocycles. The minimum absolute atomic E-state index is 0.504. The highest BCUT2D eigenvalue weighted by Gasteiger charge is 2.09. The Kier molecular flexibility index (Phi) is 4.45. The molecule has 0 atom stereocenters. The Bertz CT molecular complexity index is 584. The number of anilines is 3. The van der Waals surface area contributed by atoms with Crippen LogP contribution in [0, 0.1) is 6.92 Å². The van der Waals surface area contributed by atoms with E-state index in [9.17, 15) is 0 Å². The van der Waals surface area contributed by atoms with Crippen LogP contribution >= 0.6 is 0 Å². The summed E-state index contributed by atoms with van der Waals surface area (Å²) in [6.07, 6.45) is 0.930. The predicted molar refractivity (Wildman–Crippen MR) is 83.7 cm³/mol. The summed E-state index contributed by atoms with van der Waals surface area (Å²) in [4.78, 5) is 6.51. The van der Waals surface area contributed by atoms with E-state index in [-0.39, 0.29) is 0 Å². The molecule has 0 radical (unpaired) electrons. The minimum atomic E-state index is 0.504. The number of aryl methyl sites for hydroxylation is 1. The molecule has 0 spiro atoms. The fourth-order valence-corrected chi connectivity index (χ4v) is 1.91. The molecule has 0 aliphatic rings. The SMILES string of the molecule is CCCOc1nc(N(C)c2cccc(C)c2)ccc1N. The van der Waals surface area contributed by atoms with Crippen molar-refractivity contribution in [2.45, 2.75) is 20.3 Å².